The lowest BCUT2D eigenvalue weighted by Gasteiger charge is -2.05. The van der Waals surface area contributed by atoms with Crippen molar-refractivity contribution in [2.24, 2.45) is 7.05 Å². The molecular formula is C7H15N5O2S. The first-order valence-corrected chi connectivity index (χ1v) is 5.95. The van der Waals surface area contributed by atoms with Crippen molar-refractivity contribution in [2.75, 3.05) is 12.3 Å². The SMILES string of the molecule is CCNS(=O)(=O)NCc1cnn(C)c1N. The minimum absolute atomic E-state index is 0.134. The summed E-state index contributed by atoms with van der Waals surface area (Å²) in [4.78, 5) is 0. The molecule has 0 bridgehead atoms. The van der Waals surface area contributed by atoms with Crippen LogP contribution >= 0.6 is 0 Å². The van der Waals surface area contributed by atoms with Gasteiger partial charge in [-0.25, -0.2) is 4.72 Å². The zero-order chi connectivity index (χ0) is 11.5. The van der Waals surface area contributed by atoms with E-state index < -0.39 is 10.2 Å². The summed E-state index contributed by atoms with van der Waals surface area (Å²) in [5.41, 5.74) is 6.30. The smallest absolute Gasteiger partial charge is 0.277 e. The van der Waals surface area contributed by atoms with E-state index in [4.69, 9.17) is 5.73 Å². The fourth-order valence-corrected chi connectivity index (χ4v) is 1.87. The topological polar surface area (TPSA) is 102 Å². The van der Waals surface area contributed by atoms with E-state index >= 15 is 0 Å². The monoisotopic (exact) mass is 233 g/mol. The molecule has 1 aromatic rings. The molecule has 1 aromatic heterocycles. The highest BCUT2D eigenvalue weighted by Crippen LogP contribution is 2.08. The van der Waals surface area contributed by atoms with Gasteiger partial charge in [0.15, 0.2) is 0 Å². The fourth-order valence-electron chi connectivity index (χ4n) is 1.04. The minimum atomic E-state index is -3.43. The zero-order valence-electron chi connectivity index (χ0n) is 8.69. The van der Waals surface area contributed by atoms with Crippen molar-refractivity contribution in [2.45, 2.75) is 13.5 Å². The summed E-state index contributed by atoms with van der Waals surface area (Å²) in [7, 11) is -1.74. The average molecular weight is 233 g/mol. The molecule has 0 atom stereocenters. The van der Waals surface area contributed by atoms with Gasteiger partial charge in [0, 0.05) is 25.7 Å². The van der Waals surface area contributed by atoms with Crippen LogP contribution in [0.15, 0.2) is 6.20 Å². The van der Waals surface area contributed by atoms with Crippen LogP contribution in [0.5, 0.6) is 0 Å². The molecule has 0 aromatic carbocycles. The van der Waals surface area contributed by atoms with Crippen LogP contribution in [0, 0.1) is 0 Å². The van der Waals surface area contributed by atoms with Gasteiger partial charge in [0.05, 0.1) is 6.20 Å². The van der Waals surface area contributed by atoms with Crippen molar-refractivity contribution in [3.05, 3.63) is 11.8 Å². The lowest BCUT2D eigenvalue weighted by molar-refractivity contribution is 0.568. The zero-order valence-corrected chi connectivity index (χ0v) is 9.50. The molecule has 1 heterocycles. The summed E-state index contributed by atoms with van der Waals surface area (Å²) < 4.78 is 28.6. The van der Waals surface area contributed by atoms with Crippen molar-refractivity contribution in [3.8, 4) is 0 Å². The molecule has 0 saturated heterocycles. The van der Waals surface area contributed by atoms with Crippen molar-refractivity contribution in [3.63, 3.8) is 0 Å². The molecule has 15 heavy (non-hydrogen) atoms. The predicted molar refractivity (Wildman–Crippen MR) is 57.1 cm³/mol. The number of aryl methyl sites for hydroxylation is 1. The van der Waals surface area contributed by atoms with Gasteiger partial charge >= 0.3 is 0 Å². The molecule has 0 saturated carbocycles. The van der Waals surface area contributed by atoms with Gasteiger partial charge < -0.3 is 5.73 Å². The number of rotatable bonds is 5. The number of nitrogens with one attached hydrogen (secondary N) is 2. The number of hydrogen-bond donors (Lipinski definition) is 3. The summed E-state index contributed by atoms with van der Waals surface area (Å²) >= 11 is 0. The van der Waals surface area contributed by atoms with Gasteiger partial charge in [-0.2, -0.15) is 18.2 Å². The van der Waals surface area contributed by atoms with E-state index in [-0.39, 0.29) is 6.54 Å². The van der Waals surface area contributed by atoms with Crippen LogP contribution in [0.1, 0.15) is 12.5 Å². The maximum atomic E-state index is 11.2. The number of hydrogen-bond acceptors (Lipinski definition) is 4. The summed E-state index contributed by atoms with van der Waals surface area (Å²) in [5, 5.41) is 3.90. The molecule has 0 spiro atoms. The second-order valence-corrected chi connectivity index (χ2v) is 4.59. The van der Waals surface area contributed by atoms with E-state index in [1.807, 2.05) is 0 Å². The Hall–Kier alpha value is -1.12. The largest absolute Gasteiger partial charge is 0.384 e. The van der Waals surface area contributed by atoms with Gasteiger partial charge in [-0.15, -0.1) is 0 Å². The molecule has 8 heteroatoms. The predicted octanol–water partition coefficient (Wildman–Crippen LogP) is -1.05. The molecule has 0 amide bonds. The maximum absolute atomic E-state index is 11.2. The third kappa shape index (κ3) is 3.18. The van der Waals surface area contributed by atoms with E-state index in [0.29, 0.717) is 17.9 Å². The van der Waals surface area contributed by atoms with Crippen LogP contribution in [0.2, 0.25) is 0 Å². The Morgan fingerprint density at radius 3 is 2.67 bits per heavy atom. The quantitative estimate of drug-likeness (QED) is 0.603. The molecule has 0 aliphatic heterocycles. The summed E-state index contributed by atoms with van der Waals surface area (Å²) in [5.74, 6) is 0.453. The minimum Gasteiger partial charge on any atom is -0.384 e. The van der Waals surface area contributed by atoms with Crippen molar-refractivity contribution in [1.29, 1.82) is 0 Å². The Labute approximate surface area is 88.8 Å². The van der Waals surface area contributed by atoms with Gasteiger partial charge in [0.1, 0.15) is 5.82 Å². The van der Waals surface area contributed by atoms with E-state index in [2.05, 4.69) is 14.5 Å². The number of nitrogens with two attached hydrogens (primary N) is 1. The molecule has 7 nitrogen and oxygen atoms in total. The maximum Gasteiger partial charge on any atom is 0.277 e. The standard InChI is InChI=1S/C7H15N5O2S/c1-3-10-15(13,14)11-5-6-4-9-12(2)7(6)8/h4,10-11H,3,5,8H2,1-2H3. The Morgan fingerprint density at radius 2 is 2.20 bits per heavy atom. The van der Waals surface area contributed by atoms with E-state index in [9.17, 15) is 8.42 Å². The summed E-state index contributed by atoms with van der Waals surface area (Å²) in [6.07, 6.45) is 1.53. The Kier molecular flexibility index (Phi) is 3.66. The summed E-state index contributed by atoms with van der Waals surface area (Å²) in [6.45, 7) is 2.19. The second kappa shape index (κ2) is 4.60. The number of aromatic nitrogens is 2. The highest BCUT2D eigenvalue weighted by molar-refractivity contribution is 7.87. The fraction of sp³-hybridized carbons (Fsp3) is 0.571. The van der Waals surface area contributed by atoms with Gasteiger partial charge in [0.25, 0.3) is 10.2 Å². The first-order valence-electron chi connectivity index (χ1n) is 4.47. The Morgan fingerprint density at radius 1 is 1.53 bits per heavy atom. The Bertz CT molecular complexity index is 425. The van der Waals surface area contributed by atoms with E-state index in [0.717, 1.165) is 0 Å². The Balaban J connectivity index is 2.62. The molecule has 4 N–H and O–H groups in total. The van der Waals surface area contributed by atoms with Crippen molar-refractivity contribution < 1.29 is 8.42 Å². The van der Waals surface area contributed by atoms with Gasteiger partial charge in [-0.05, 0) is 0 Å². The van der Waals surface area contributed by atoms with Crippen LogP contribution in [-0.2, 0) is 23.8 Å². The van der Waals surface area contributed by atoms with Crippen LogP contribution in [0.4, 0.5) is 5.82 Å². The number of nitrogen functional groups attached to an aromatic ring is 1. The normalized spacial score (nSPS) is 11.9. The van der Waals surface area contributed by atoms with E-state index in [1.165, 1.54) is 10.9 Å². The number of anilines is 1. The lowest BCUT2D eigenvalue weighted by atomic mass is 10.3. The highest BCUT2D eigenvalue weighted by atomic mass is 32.2. The molecule has 0 aliphatic rings. The van der Waals surface area contributed by atoms with Crippen LogP contribution in [0.25, 0.3) is 0 Å². The first-order chi connectivity index (χ1) is 6.96. The molecule has 1 rings (SSSR count). The number of nitrogens with zero attached hydrogens (tertiary/aromatic N) is 2. The molecular weight excluding hydrogens is 218 g/mol. The van der Waals surface area contributed by atoms with Crippen LogP contribution in [0.3, 0.4) is 0 Å². The molecule has 86 valence electrons. The van der Waals surface area contributed by atoms with Crippen molar-refractivity contribution in [1.82, 2.24) is 19.2 Å². The third-order valence-corrected chi connectivity index (χ3v) is 3.04. The van der Waals surface area contributed by atoms with Gasteiger partial charge in [-0.3, -0.25) is 4.68 Å². The second-order valence-electron chi connectivity index (χ2n) is 3.00. The highest BCUT2D eigenvalue weighted by Gasteiger charge is 2.10. The molecule has 0 radical (unpaired) electrons. The van der Waals surface area contributed by atoms with Gasteiger partial charge in [0.2, 0.25) is 0 Å². The van der Waals surface area contributed by atoms with Crippen LogP contribution in [-0.4, -0.2) is 24.7 Å². The van der Waals surface area contributed by atoms with Crippen molar-refractivity contribution >= 4 is 16.0 Å². The molecule has 0 fully saturated rings. The molecule has 0 unspecified atom stereocenters. The summed E-state index contributed by atoms with van der Waals surface area (Å²) in [6, 6.07) is 0. The first kappa shape index (κ1) is 12.0. The van der Waals surface area contributed by atoms with Gasteiger partial charge in [-0.1, -0.05) is 6.92 Å². The lowest BCUT2D eigenvalue weighted by Crippen LogP contribution is -2.35. The van der Waals surface area contributed by atoms with E-state index in [1.54, 1.807) is 14.0 Å². The van der Waals surface area contributed by atoms with Crippen LogP contribution < -0.4 is 15.2 Å². The third-order valence-electron chi connectivity index (χ3n) is 1.85. The average Bonchev–Trinajstić information content (AvgIpc) is 2.45. The molecule has 0 aliphatic carbocycles.